The highest BCUT2D eigenvalue weighted by Crippen LogP contribution is 2.25. The zero-order chi connectivity index (χ0) is 19.1. The fourth-order valence-corrected chi connectivity index (χ4v) is 2.79. The van der Waals surface area contributed by atoms with Crippen molar-refractivity contribution in [2.24, 2.45) is 0 Å². The number of carbonyl (C=O) groups is 1. The molecular formula is C21H21ClN4O. The number of amides is 1. The molecule has 3 rings (SSSR count). The van der Waals surface area contributed by atoms with Crippen molar-refractivity contribution >= 4 is 29.0 Å². The first-order chi connectivity index (χ1) is 13.1. The molecule has 0 spiro atoms. The van der Waals surface area contributed by atoms with Crippen LogP contribution in [0.1, 0.15) is 28.0 Å². The van der Waals surface area contributed by atoms with Crippen molar-refractivity contribution < 1.29 is 4.79 Å². The maximum absolute atomic E-state index is 12.2. The largest absolute Gasteiger partial charge is 0.351 e. The van der Waals surface area contributed by atoms with E-state index in [2.05, 4.69) is 32.7 Å². The molecule has 1 amide bonds. The zero-order valence-electron chi connectivity index (χ0n) is 15.1. The summed E-state index contributed by atoms with van der Waals surface area (Å²) in [5, 5.41) is 6.72. The van der Waals surface area contributed by atoms with Crippen LogP contribution in [0, 0.1) is 6.92 Å². The lowest BCUT2D eigenvalue weighted by Gasteiger charge is -2.10. The van der Waals surface area contributed by atoms with Gasteiger partial charge in [-0.3, -0.25) is 4.79 Å². The minimum absolute atomic E-state index is 0.221. The molecule has 0 aliphatic rings. The summed E-state index contributed by atoms with van der Waals surface area (Å²) in [6.07, 6.45) is 4.81. The summed E-state index contributed by atoms with van der Waals surface area (Å²) in [6.45, 7) is 2.52. The second-order valence-corrected chi connectivity index (χ2v) is 6.58. The van der Waals surface area contributed by atoms with Crippen LogP contribution in [-0.4, -0.2) is 22.4 Å². The van der Waals surface area contributed by atoms with Gasteiger partial charge in [0.2, 0.25) is 0 Å². The fourth-order valence-electron chi connectivity index (χ4n) is 2.62. The zero-order valence-corrected chi connectivity index (χ0v) is 15.8. The molecule has 6 heteroatoms. The summed E-state index contributed by atoms with van der Waals surface area (Å²) in [6, 6.07) is 15.8. The van der Waals surface area contributed by atoms with Gasteiger partial charge in [-0.1, -0.05) is 48.0 Å². The number of halogens is 1. The van der Waals surface area contributed by atoms with Crippen LogP contribution in [0.2, 0.25) is 5.02 Å². The molecule has 1 heterocycles. The Labute approximate surface area is 163 Å². The topological polar surface area (TPSA) is 66.9 Å². The Balaban J connectivity index is 1.50. The van der Waals surface area contributed by atoms with Crippen LogP contribution < -0.4 is 10.6 Å². The predicted molar refractivity (Wildman–Crippen MR) is 109 cm³/mol. The first-order valence-corrected chi connectivity index (χ1v) is 9.17. The van der Waals surface area contributed by atoms with E-state index in [1.807, 2.05) is 43.3 Å². The molecule has 5 nitrogen and oxygen atoms in total. The normalized spacial score (nSPS) is 10.4. The molecule has 0 bridgehead atoms. The molecule has 0 saturated heterocycles. The van der Waals surface area contributed by atoms with Crippen LogP contribution in [0.25, 0.3) is 0 Å². The van der Waals surface area contributed by atoms with E-state index in [1.165, 1.54) is 11.8 Å². The van der Waals surface area contributed by atoms with Gasteiger partial charge in [0.05, 0.1) is 12.4 Å². The van der Waals surface area contributed by atoms with Crippen LogP contribution in [0.5, 0.6) is 0 Å². The smallest absolute Gasteiger partial charge is 0.271 e. The van der Waals surface area contributed by atoms with Crippen LogP contribution in [0.15, 0.2) is 60.9 Å². The molecule has 0 saturated carbocycles. The van der Waals surface area contributed by atoms with Crippen molar-refractivity contribution in [2.75, 3.05) is 11.9 Å². The van der Waals surface area contributed by atoms with E-state index in [-0.39, 0.29) is 5.91 Å². The number of carbonyl (C=O) groups excluding carboxylic acids is 1. The number of nitrogens with one attached hydrogen (secondary N) is 2. The highest BCUT2D eigenvalue weighted by Gasteiger charge is 2.08. The van der Waals surface area contributed by atoms with Gasteiger partial charge >= 0.3 is 0 Å². The molecular weight excluding hydrogens is 360 g/mol. The molecule has 3 aromatic rings. The van der Waals surface area contributed by atoms with Gasteiger partial charge in [0.1, 0.15) is 11.5 Å². The average Bonchev–Trinajstić information content (AvgIpc) is 2.70. The van der Waals surface area contributed by atoms with Crippen molar-refractivity contribution in [2.45, 2.75) is 19.8 Å². The summed E-state index contributed by atoms with van der Waals surface area (Å²) < 4.78 is 0. The minimum Gasteiger partial charge on any atom is -0.351 e. The maximum Gasteiger partial charge on any atom is 0.271 e. The third-order valence-electron chi connectivity index (χ3n) is 4.19. The quantitative estimate of drug-likeness (QED) is 0.590. The number of rotatable bonds is 7. The third-order valence-corrected chi connectivity index (χ3v) is 4.59. The molecule has 0 aliphatic carbocycles. The molecule has 2 aromatic carbocycles. The molecule has 0 radical (unpaired) electrons. The lowest BCUT2D eigenvalue weighted by atomic mass is 10.1. The summed E-state index contributed by atoms with van der Waals surface area (Å²) in [7, 11) is 0. The van der Waals surface area contributed by atoms with Crippen molar-refractivity contribution in [1.29, 1.82) is 0 Å². The first-order valence-electron chi connectivity index (χ1n) is 8.80. The van der Waals surface area contributed by atoms with Crippen LogP contribution in [-0.2, 0) is 6.42 Å². The summed E-state index contributed by atoms with van der Waals surface area (Å²) in [5.74, 6) is 0.335. The summed E-state index contributed by atoms with van der Waals surface area (Å²) in [4.78, 5) is 20.6. The van der Waals surface area contributed by atoms with Crippen LogP contribution >= 0.6 is 11.6 Å². The van der Waals surface area contributed by atoms with Gasteiger partial charge in [0.15, 0.2) is 0 Å². The molecule has 1 aromatic heterocycles. The Morgan fingerprint density at radius 3 is 2.59 bits per heavy atom. The predicted octanol–water partition coefficient (Wildman–Crippen LogP) is 4.54. The number of nitrogens with zero attached hydrogens (tertiary/aromatic N) is 2. The Morgan fingerprint density at radius 2 is 1.85 bits per heavy atom. The second-order valence-electron chi connectivity index (χ2n) is 6.17. The second kappa shape index (κ2) is 9.14. The minimum atomic E-state index is -0.221. The Morgan fingerprint density at radius 1 is 1.04 bits per heavy atom. The molecule has 0 unspecified atom stereocenters. The lowest BCUT2D eigenvalue weighted by Crippen LogP contribution is -2.25. The van der Waals surface area contributed by atoms with E-state index in [9.17, 15) is 4.79 Å². The number of hydrogen-bond donors (Lipinski definition) is 2. The van der Waals surface area contributed by atoms with Gasteiger partial charge in [-0.05, 0) is 43.0 Å². The average molecular weight is 381 g/mol. The summed E-state index contributed by atoms with van der Waals surface area (Å²) >= 11 is 6.12. The van der Waals surface area contributed by atoms with E-state index in [0.717, 1.165) is 24.1 Å². The number of hydrogen-bond acceptors (Lipinski definition) is 4. The highest BCUT2D eigenvalue weighted by atomic mass is 35.5. The van der Waals surface area contributed by atoms with E-state index in [0.29, 0.717) is 23.1 Å². The SMILES string of the molecule is Cc1c(Cl)cccc1Nc1cnc(C(=O)NCCCc2ccccc2)cn1. The van der Waals surface area contributed by atoms with Gasteiger partial charge in [-0.2, -0.15) is 0 Å². The van der Waals surface area contributed by atoms with E-state index in [4.69, 9.17) is 11.6 Å². The van der Waals surface area contributed by atoms with E-state index in [1.54, 1.807) is 6.20 Å². The van der Waals surface area contributed by atoms with Crippen molar-refractivity contribution in [3.63, 3.8) is 0 Å². The van der Waals surface area contributed by atoms with Crippen LogP contribution in [0.4, 0.5) is 11.5 Å². The molecule has 138 valence electrons. The van der Waals surface area contributed by atoms with Crippen molar-refractivity contribution in [1.82, 2.24) is 15.3 Å². The molecule has 0 fully saturated rings. The van der Waals surface area contributed by atoms with Gasteiger partial charge < -0.3 is 10.6 Å². The highest BCUT2D eigenvalue weighted by molar-refractivity contribution is 6.31. The number of anilines is 2. The van der Waals surface area contributed by atoms with E-state index >= 15 is 0 Å². The first kappa shape index (κ1) is 18.9. The number of benzene rings is 2. The molecule has 2 N–H and O–H groups in total. The van der Waals surface area contributed by atoms with Gasteiger partial charge in [-0.25, -0.2) is 9.97 Å². The summed E-state index contributed by atoms with van der Waals surface area (Å²) in [5.41, 5.74) is 3.34. The van der Waals surface area contributed by atoms with E-state index < -0.39 is 0 Å². The third kappa shape index (κ3) is 5.28. The van der Waals surface area contributed by atoms with Gasteiger partial charge in [0.25, 0.3) is 5.91 Å². The fraction of sp³-hybridized carbons (Fsp3) is 0.190. The molecule has 27 heavy (non-hydrogen) atoms. The molecule has 0 atom stereocenters. The van der Waals surface area contributed by atoms with Gasteiger partial charge in [0, 0.05) is 17.3 Å². The monoisotopic (exact) mass is 380 g/mol. The van der Waals surface area contributed by atoms with Crippen molar-refractivity contribution in [3.8, 4) is 0 Å². The Hall–Kier alpha value is -2.92. The van der Waals surface area contributed by atoms with Crippen LogP contribution in [0.3, 0.4) is 0 Å². The lowest BCUT2D eigenvalue weighted by molar-refractivity contribution is 0.0948. The maximum atomic E-state index is 12.2. The number of aryl methyl sites for hydroxylation is 1. The Bertz CT molecular complexity index is 898. The number of aromatic nitrogens is 2. The van der Waals surface area contributed by atoms with Crippen molar-refractivity contribution in [3.05, 3.63) is 82.8 Å². The van der Waals surface area contributed by atoms with Gasteiger partial charge in [-0.15, -0.1) is 0 Å². The standard InChI is InChI=1S/C21H21ClN4O/c1-15-17(22)10-5-11-18(15)26-20-14-24-19(13-25-20)21(27)23-12-6-9-16-7-3-2-4-8-16/h2-5,7-8,10-11,13-14H,6,9,12H2,1H3,(H,23,27)(H,25,26). The Kier molecular flexibility index (Phi) is 6.39. The molecule has 0 aliphatic heterocycles.